The van der Waals surface area contributed by atoms with Gasteiger partial charge in [-0.3, -0.25) is 9.52 Å². The van der Waals surface area contributed by atoms with Crippen LogP contribution in [0.3, 0.4) is 0 Å². The van der Waals surface area contributed by atoms with Crippen LogP contribution in [0.5, 0.6) is 11.5 Å². The SMILES string of the molecule is C/C=C/S(=O)(=O)Nc1ccc(Oc2c(C)cc(C)cc2C)c(-c2cn(C)c(=O)c3ccccc23)c1. The molecular formula is C28H28N2O4S. The average molecular weight is 489 g/mol. The van der Waals surface area contributed by atoms with Gasteiger partial charge in [0, 0.05) is 40.9 Å². The number of hydrogen-bond acceptors (Lipinski definition) is 4. The second kappa shape index (κ2) is 9.43. The standard InChI is InChI=1S/C28H28N2O4S/c1-6-13-35(32,33)29-21-11-12-26(34-27-19(3)14-18(2)15-20(27)4)24(16-21)25-17-30(5)28(31)23-10-8-7-9-22(23)25/h6-17,29H,1-5H3/b13-6+. The van der Waals surface area contributed by atoms with Gasteiger partial charge in [0.1, 0.15) is 11.5 Å². The number of aryl methyl sites for hydroxylation is 4. The van der Waals surface area contributed by atoms with Gasteiger partial charge in [-0.15, -0.1) is 0 Å². The summed E-state index contributed by atoms with van der Waals surface area (Å²) in [4.78, 5) is 12.8. The van der Waals surface area contributed by atoms with Gasteiger partial charge in [0.2, 0.25) is 0 Å². The van der Waals surface area contributed by atoms with E-state index in [1.807, 2.05) is 39.0 Å². The number of nitrogens with zero attached hydrogens (tertiary/aromatic N) is 1. The van der Waals surface area contributed by atoms with Crippen LogP contribution in [0.15, 0.2) is 77.1 Å². The highest BCUT2D eigenvalue weighted by Crippen LogP contribution is 2.40. The summed E-state index contributed by atoms with van der Waals surface area (Å²) in [6.45, 7) is 7.67. The van der Waals surface area contributed by atoms with E-state index >= 15 is 0 Å². The molecule has 0 aliphatic heterocycles. The molecule has 0 radical (unpaired) electrons. The maximum absolute atomic E-state index is 12.8. The first-order valence-corrected chi connectivity index (χ1v) is 12.8. The normalized spacial score (nSPS) is 11.8. The summed E-state index contributed by atoms with van der Waals surface area (Å²) >= 11 is 0. The van der Waals surface area contributed by atoms with Crippen molar-refractivity contribution in [3.05, 3.63) is 99.3 Å². The molecule has 0 amide bonds. The molecule has 1 heterocycles. The molecule has 0 aliphatic carbocycles. The predicted octanol–water partition coefficient (Wildman–Crippen LogP) is 6.20. The summed E-state index contributed by atoms with van der Waals surface area (Å²) in [6, 6.07) is 16.6. The third kappa shape index (κ3) is 5.00. The Morgan fingerprint density at radius 3 is 2.23 bits per heavy atom. The molecule has 4 aromatic rings. The maximum Gasteiger partial charge on any atom is 0.258 e. The Labute approximate surface area is 205 Å². The van der Waals surface area contributed by atoms with E-state index in [1.54, 1.807) is 44.4 Å². The van der Waals surface area contributed by atoms with Crippen molar-refractivity contribution >= 4 is 26.5 Å². The Morgan fingerprint density at radius 2 is 1.57 bits per heavy atom. The Hall–Kier alpha value is -3.84. The lowest BCUT2D eigenvalue weighted by Crippen LogP contribution is -2.16. The molecule has 1 aromatic heterocycles. The van der Waals surface area contributed by atoms with Crippen molar-refractivity contribution in [3.8, 4) is 22.6 Å². The van der Waals surface area contributed by atoms with Crippen LogP contribution in [-0.4, -0.2) is 13.0 Å². The van der Waals surface area contributed by atoms with E-state index < -0.39 is 10.0 Å². The van der Waals surface area contributed by atoms with E-state index in [2.05, 4.69) is 16.9 Å². The number of pyridine rings is 1. The Morgan fingerprint density at radius 1 is 0.914 bits per heavy atom. The fourth-order valence-corrected chi connectivity index (χ4v) is 5.22. The molecule has 0 saturated heterocycles. The van der Waals surface area contributed by atoms with Crippen molar-refractivity contribution in [2.24, 2.45) is 7.05 Å². The van der Waals surface area contributed by atoms with Crippen molar-refractivity contribution < 1.29 is 13.2 Å². The lowest BCUT2D eigenvalue weighted by Gasteiger charge is -2.18. The summed E-state index contributed by atoms with van der Waals surface area (Å²) in [5.74, 6) is 1.30. The maximum atomic E-state index is 12.8. The highest BCUT2D eigenvalue weighted by Gasteiger charge is 2.17. The quantitative estimate of drug-likeness (QED) is 0.351. The molecule has 35 heavy (non-hydrogen) atoms. The van der Waals surface area contributed by atoms with Gasteiger partial charge in [0.15, 0.2) is 0 Å². The number of anilines is 1. The van der Waals surface area contributed by atoms with E-state index in [1.165, 1.54) is 10.6 Å². The number of benzene rings is 3. The summed E-state index contributed by atoms with van der Waals surface area (Å²) in [5.41, 5.74) is 4.84. The first kappa shape index (κ1) is 24.3. The number of fused-ring (bicyclic) bond motifs is 1. The highest BCUT2D eigenvalue weighted by atomic mass is 32.2. The van der Waals surface area contributed by atoms with Gasteiger partial charge in [-0.05, 0) is 68.5 Å². The monoisotopic (exact) mass is 488 g/mol. The second-order valence-corrected chi connectivity index (χ2v) is 10.2. The van der Waals surface area contributed by atoms with Crippen LogP contribution in [0.2, 0.25) is 0 Å². The van der Waals surface area contributed by atoms with Gasteiger partial charge in [-0.2, -0.15) is 0 Å². The molecule has 6 nitrogen and oxygen atoms in total. The fraction of sp³-hybridized carbons (Fsp3) is 0.179. The van der Waals surface area contributed by atoms with E-state index in [0.717, 1.165) is 38.8 Å². The topological polar surface area (TPSA) is 77.4 Å². The van der Waals surface area contributed by atoms with Crippen LogP contribution in [0, 0.1) is 20.8 Å². The largest absolute Gasteiger partial charge is 0.456 e. The van der Waals surface area contributed by atoms with E-state index in [0.29, 0.717) is 22.4 Å². The van der Waals surface area contributed by atoms with Crippen LogP contribution >= 0.6 is 0 Å². The number of sulfonamides is 1. The zero-order valence-corrected chi connectivity index (χ0v) is 21.2. The van der Waals surface area contributed by atoms with Gasteiger partial charge < -0.3 is 9.30 Å². The summed E-state index contributed by atoms with van der Waals surface area (Å²) < 4.78 is 35.3. The van der Waals surface area contributed by atoms with Crippen LogP contribution in [0.25, 0.3) is 21.9 Å². The molecule has 0 atom stereocenters. The summed E-state index contributed by atoms with van der Waals surface area (Å²) in [6.07, 6.45) is 3.22. The molecule has 1 N–H and O–H groups in total. The lowest BCUT2D eigenvalue weighted by molar-refractivity contribution is 0.477. The Bertz CT molecular complexity index is 1610. The smallest absolute Gasteiger partial charge is 0.258 e. The van der Waals surface area contributed by atoms with Gasteiger partial charge >= 0.3 is 0 Å². The van der Waals surface area contributed by atoms with Gasteiger partial charge in [0.25, 0.3) is 15.6 Å². The molecule has 0 fully saturated rings. The molecular weight excluding hydrogens is 460 g/mol. The number of aromatic nitrogens is 1. The zero-order valence-electron chi connectivity index (χ0n) is 20.4. The van der Waals surface area contributed by atoms with Crippen molar-refractivity contribution in [3.63, 3.8) is 0 Å². The molecule has 180 valence electrons. The number of hydrogen-bond donors (Lipinski definition) is 1. The number of nitrogens with one attached hydrogen (secondary N) is 1. The molecule has 0 bridgehead atoms. The molecule has 0 spiro atoms. The molecule has 0 saturated carbocycles. The molecule has 3 aromatic carbocycles. The first-order valence-electron chi connectivity index (χ1n) is 11.2. The molecule has 7 heteroatoms. The minimum atomic E-state index is -3.66. The third-order valence-electron chi connectivity index (χ3n) is 5.75. The Balaban J connectivity index is 1.97. The lowest BCUT2D eigenvalue weighted by atomic mass is 9.99. The van der Waals surface area contributed by atoms with E-state index in [4.69, 9.17) is 4.74 Å². The van der Waals surface area contributed by atoms with Crippen LogP contribution in [0.1, 0.15) is 23.6 Å². The predicted molar refractivity (Wildman–Crippen MR) is 143 cm³/mol. The van der Waals surface area contributed by atoms with Crippen molar-refractivity contribution in [1.29, 1.82) is 0 Å². The minimum absolute atomic E-state index is 0.109. The van der Waals surface area contributed by atoms with Crippen LogP contribution in [0.4, 0.5) is 5.69 Å². The van der Waals surface area contributed by atoms with E-state index in [-0.39, 0.29) is 5.56 Å². The average Bonchev–Trinajstić information content (AvgIpc) is 2.79. The number of ether oxygens (including phenoxy) is 1. The minimum Gasteiger partial charge on any atom is -0.456 e. The second-order valence-electron chi connectivity index (χ2n) is 8.66. The number of rotatable bonds is 6. The molecule has 0 aliphatic rings. The summed E-state index contributed by atoms with van der Waals surface area (Å²) in [7, 11) is -1.96. The first-order chi connectivity index (χ1) is 16.6. The van der Waals surface area contributed by atoms with E-state index in [9.17, 15) is 13.2 Å². The molecule has 4 rings (SSSR count). The summed E-state index contributed by atoms with van der Waals surface area (Å²) in [5, 5.41) is 2.44. The number of allylic oxidation sites excluding steroid dienone is 1. The van der Waals surface area contributed by atoms with Crippen molar-refractivity contribution in [1.82, 2.24) is 4.57 Å². The molecule has 0 unspecified atom stereocenters. The van der Waals surface area contributed by atoms with Crippen LogP contribution in [-0.2, 0) is 17.1 Å². The van der Waals surface area contributed by atoms with Crippen LogP contribution < -0.4 is 15.0 Å². The van der Waals surface area contributed by atoms with Gasteiger partial charge in [-0.25, -0.2) is 8.42 Å². The Kier molecular flexibility index (Phi) is 6.54. The van der Waals surface area contributed by atoms with Gasteiger partial charge in [-0.1, -0.05) is 42.0 Å². The highest BCUT2D eigenvalue weighted by molar-refractivity contribution is 7.95. The van der Waals surface area contributed by atoms with Gasteiger partial charge in [0.05, 0.1) is 0 Å². The zero-order chi connectivity index (χ0) is 25.3. The third-order valence-corrected chi connectivity index (χ3v) is 6.90. The fourth-order valence-electron chi connectivity index (χ4n) is 4.34. The van der Waals surface area contributed by atoms with Crippen molar-refractivity contribution in [2.45, 2.75) is 27.7 Å². The van der Waals surface area contributed by atoms with Crippen molar-refractivity contribution in [2.75, 3.05) is 4.72 Å².